The van der Waals surface area contributed by atoms with Crippen molar-refractivity contribution in [1.29, 1.82) is 0 Å². The summed E-state index contributed by atoms with van der Waals surface area (Å²) in [5.41, 5.74) is 6.97. The van der Waals surface area contributed by atoms with Crippen molar-refractivity contribution in [2.24, 2.45) is 0 Å². The minimum absolute atomic E-state index is 0.612. The van der Waals surface area contributed by atoms with Gasteiger partial charge in [-0.1, -0.05) is 60.7 Å². The number of rotatable bonds is 2. The molecular weight excluding hydrogens is 290 g/mol. The van der Waals surface area contributed by atoms with Crippen LogP contribution in [0.1, 0.15) is 16.7 Å². The van der Waals surface area contributed by atoms with Crippen LogP contribution in [0, 0.1) is 0 Å². The smallest absolute Gasteiger partial charge is 0.121 e. The maximum atomic E-state index is 7.23. The van der Waals surface area contributed by atoms with Gasteiger partial charge in [-0.15, -0.1) is 11.6 Å². The topological polar surface area (TPSA) is 12.0 Å². The molecule has 4 rings (SSSR count). The molecule has 0 heterocycles. The third kappa shape index (κ3) is 1.72. The summed E-state index contributed by atoms with van der Waals surface area (Å²) < 4.78 is 0. The third-order valence-corrected chi connectivity index (χ3v) is 5.08. The number of halogens is 1. The molecule has 0 radical (unpaired) electrons. The normalized spacial score (nSPS) is 14.3. The maximum absolute atomic E-state index is 7.23. The lowest BCUT2D eigenvalue weighted by molar-refractivity contribution is 0.911. The van der Waals surface area contributed by atoms with E-state index in [9.17, 15) is 0 Å². The fraction of sp³-hybridized carbons (Fsp3) is 0.100. The highest BCUT2D eigenvalue weighted by atomic mass is 35.5. The van der Waals surface area contributed by atoms with Crippen molar-refractivity contribution in [3.63, 3.8) is 0 Å². The van der Waals surface area contributed by atoms with E-state index in [1.807, 2.05) is 7.05 Å². The van der Waals surface area contributed by atoms with Crippen LogP contribution >= 0.6 is 11.6 Å². The zero-order chi connectivity index (χ0) is 15.2. The molecule has 0 fully saturated rings. The van der Waals surface area contributed by atoms with Gasteiger partial charge in [0, 0.05) is 12.7 Å². The fourth-order valence-corrected chi connectivity index (χ4v) is 3.81. The minimum atomic E-state index is -0.612. The number of hydrogen-bond donors (Lipinski definition) is 1. The Balaban J connectivity index is 2.00. The van der Waals surface area contributed by atoms with Crippen molar-refractivity contribution in [1.82, 2.24) is 0 Å². The number of benzene rings is 3. The summed E-state index contributed by atoms with van der Waals surface area (Å²) in [6.07, 6.45) is 0. The van der Waals surface area contributed by atoms with E-state index in [-0.39, 0.29) is 0 Å². The zero-order valence-corrected chi connectivity index (χ0v) is 13.1. The van der Waals surface area contributed by atoms with Crippen LogP contribution in [0.5, 0.6) is 0 Å². The second kappa shape index (κ2) is 4.89. The van der Waals surface area contributed by atoms with Crippen LogP contribution in [0.15, 0.2) is 72.8 Å². The Bertz CT molecular complexity index is 791. The molecule has 108 valence electrons. The number of anilines is 1. The first-order valence-corrected chi connectivity index (χ1v) is 7.79. The summed E-state index contributed by atoms with van der Waals surface area (Å²) in [5, 5.41) is 3.15. The van der Waals surface area contributed by atoms with Gasteiger partial charge in [0.15, 0.2) is 0 Å². The van der Waals surface area contributed by atoms with Gasteiger partial charge in [0.1, 0.15) is 4.87 Å². The maximum Gasteiger partial charge on any atom is 0.121 e. The van der Waals surface area contributed by atoms with E-state index in [1.54, 1.807) is 0 Å². The summed E-state index contributed by atoms with van der Waals surface area (Å²) in [6.45, 7) is 0. The predicted octanol–water partition coefficient (Wildman–Crippen LogP) is 5.24. The molecule has 3 aromatic carbocycles. The van der Waals surface area contributed by atoms with Gasteiger partial charge in [-0.2, -0.15) is 0 Å². The molecule has 0 aliphatic heterocycles. The van der Waals surface area contributed by atoms with E-state index in [1.165, 1.54) is 11.1 Å². The Morgan fingerprint density at radius 2 is 1.23 bits per heavy atom. The quantitative estimate of drug-likeness (QED) is 0.638. The van der Waals surface area contributed by atoms with Crippen molar-refractivity contribution in [3.8, 4) is 11.1 Å². The molecule has 22 heavy (non-hydrogen) atoms. The molecule has 0 unspecified atom stereocenters. The van der Waals surface area contributed by atoms with Gasteiger partial charge >= 0.3 is 0 Å². The molecule has 0 amide bonds. The van der Waals surface area contributed by atoms with Crippen LogP contribution in [-0.4, -0.2) is 7.05 Å². The molecule has 0 atom stereocenters. The van der Waals surface area contributed by atoms with Crippen LogP contribution in [0.4, 0.5) is 5.69 Å². The lowest BCUT2D eigenvalue weighted by atomic mass is 9.88. The Labute approximate surface area is 135 Å². The Morgan fingerprint density at radius 1 is 0.727 bits per heavy atom. The first kappa shape index (κ1) is 13.4. The van der Waals surface area contributed by atoms with E-state index in [0.29, 0.717) is 0 Å². The highest BCUT2D eigenvalue weighted by molar-refractivity contribution is 6.30. The van der Waals surface area contributed by atoms with Crippen molar-refractivity contribution in [3.05, 3.63) is 89.5 Å². The number of hydrogen-bond acceptors (Lipinski definition) is 1. The van der Waals surface area contributed by atoms with Crippen molar-refractivity contribution in [2.45, 2.75) is 4.87 Å². The molecule has 3 aromatic rings. The molecule has 0 saturated heterocycles. The molecule has 1 nitrogen and oxygen atoms in total. The standard InChI is InChI=1S/C20H16ClN/c1-22-15-12-10-14(11-13-15)20(21)18-8-4-2-6-16(18)17-7-3-5-9-19(17)20/h2-13,22H,1H3. The first-order chi connectivity index (χ1) is 10.7. The van der Waals surface area contributed by atoms with Gasteiger partial charge in [0.2, 0.25) is 0 Å². The molecule has 0 aromatic heterocycles. The minimum Gasteiger partial charge on any atom is -0.388 e. The lowest BCUT2D eigenvalue weighted by Gasteiger charge is -2.25. The number of fused-ring (bicyclic) bond motifs is 3. The number of nitrogens with one attached hydrogen (secondary N) is 1. The van der Waals surface area contributed by atoms with Crippen LogP contribution in [0.3, 0.4) is 0 Å². The van der Waals surface area contributed by atoms with Crippen LogP contribution in [-0.2, 0) is 4.87 Å². The van der Waals surface area contributed by atoms with E-state index in [4.69, 9.17) is 11.6 Å². The van der Waals surface area contributed by atoms with Crippen LogP contribution < -0.4 is 5.32 Å². The van der Waals surface area contributed by atoms with Gasteiger partial charge in [0.05, 0.1) is 0 Å². The molecule has 1 N–H and O–H groups in total. The van der Waals surface area contributed by atoms with Crippen molar-refractivity contribution in [2.75, 3.05) is 12.4 Å². The van der Waals surface area contributed by atoms with E-state index >= 15 is 0 Å². The van der Waals surface area contributed by atoms with E-state index in [0.717, 1.165) is 22.4 Å². The monoisotopic (exact) mass is 305 g/mol. The summed E-state index contributed by atoms with van der Waals surface area (Å²) >= 11 is 7.23. The average molecular weight is 306 g/mol. The molecule has 0 bridgehead atoms. The molecule has 0 saturated carbocycles. The summed E-state index contributed by atoms with van der Waals surface area (Å²) in [7, 11) is 1.92. The SMILES string of the molecule is CNc1ccc(C2(Cl)c3ccccc3-c3ccccc32)cc1. The van der Waals surface area contributed by atoms with E-state index in [2.05, 4.69) is 78.1 Å². The Hall–Kier alpha value is -2.25. The van der Waals surface area contributed by atoms with Crippen LogP contribution in [0.25, 0.3) is 11.1 Å². The second-order valence-corrected chi connectivity index (χ2v) is 6.14. The summed E-state index contributed by atoms with van der Waals surface area (Å²) in [4.78, 5) is -0.612. The fourth-order valence-electron chi connectivity index (χ4n) is 3.36. The molecule has 2 heteroatoms. The lowest BCUT2D eigenvalue weighted by Crippen LogP contribution is -2.19. The Morgan fingerprint density at radius 3 is 1.73 bits per heavy atom. The van der Waals surface area contributed by atoms with Gasteiger partial charge in [-0.05, 0) is 39.9 Å². The van der Waals surface area contributed by atoms with Gasteiger partial charge in [-0.25, -0.2) is 0 Å². The highest BCUT2D eigenvalue weighted by Crippen LogP contribution is 2.54. The highest BCUT2D eigenvalue weighted by Gasteiger charge is 2.42. The van der Waals surface area contributed by atoms with Crippen LogP contribution in [0.2, 0.25) is 0 Å². The van der Waals surface area contributed by atoms with Crippen molar-refractivity contribution < 1.29 is 0 Å². The third-order valence-electron chi connectivity index (χ3n) is 4.46. The molecular formula is C20H16ClN. The number of alkyl halides is 1. The molecule has 0 spiro atoms. The van der Waals surface area contributed by atoms with E-state index < -0.39 is 4.87 Å². The molecule has 1 aliphatic carbocycles. The van der Waals surface area contributed by atoms with Gasteiger partial charge in [0.25, 0.3) is 0 Å². The largest absolute Gasteiger partial charge is 0.388 e. The second-order valence-electron chi connectivity index (χ2n) is 5.58. The average Bonchev–Trinajstić information content (AvgIpc) is 2.86. The first-order valence-electron chi connectivity index (χ1n) is 7.42. The summed E-state index contributed by atoms with van der Waals surface area (Å²) in [5.74, 6) is 0. The summed E-state index contributed by atoms with van der Waals surface area (Å²) in [6, 6.07) is 25.2. The predicted molar refractivity (Wildman–Crippen MR) is 93.6 cm³/mol. The van der Waals surface area contributed by atoms with Gasteiger partial charge in [-0.3, -0.25) is 0 Å². The Kier molecular flexibility index (Phi) is 2.98. The van der Waals surface area contributed by atoms with Crippen molar-refractivity contribution >= 4 is 17.3 Å². The van der Waals surface area contributed by atoms with Gasteiger partial charge < -0.3 is 5.32 Å². The molecule has 1 aliphatic rings. The zero-order valence-electron chi connectivity index (χ0n) is 12.3.